The van der Waals surface area contributed by atoms with Crippen LogP contribution < -0.4 is 10.6 Å². The Hall–Kier alpha value is -3.50. The lowest BCUT2D eigenvalue weighted by Gasteiger charge is -2.14. The number of para-hydroxylation sites is 1. The summed E-state index contributed by atoms with van der Waals surface area (Å²) in [6, 6.07) is 9.19. The van der Waals surface area contributed by atoms with Gasteiger partial charge in [0.1, 0.15) is 0 Å². The molecule has 1 atom stereocenters. The van der Waals surface area contributed by atoms with Crippen LogP contribution >= 0.6 is 11.6 Å². The number of hydrogen-bond donors (Lipinski definition) is 2. The molecule has 0 aliphatic rings. The third kappa shape index (κ3) is 6.76. The van der Waals surface area contributed by atoms with Crippen molar-refractivity contribution in [2.75, 3.05) is 25.6 Å². The van der Waals surface area contributed by atoms with Crippen molar-refractivity contribution in [3.8, 4) is 0 Å². The summed E-state index contributed by atoms with van der Waals surface area (Å²) in [5.74, 6) is -2.00. The molecule has 164 valence electrons. The molecule has 0 radical (unpaired) electrons. The maximum atomic E-state index is 12.5. The Morgan fingerprint density at radius 1 is 1.16 bits per heavy atom. The highest BCUT2D eigenvalue weighted by atomic mass is 35.5. The number of nitrogens with one attached hydrogen (secondary N) is 2. The van der Waals surface area contributed by atoms with Crippen LogP contribution in [-0.4, -0.2) is 49.1 Å². The highest BCUT2D eigenvalue weighted by Gasteiger charge is 2.19. The molecule has 0 fully saturated rings. The molecular weight excluding hydrogens is 430 g/mol. The average molecular weight is 450 g/mol. The Kier molecular flexibility index (Phi) is 8.47. The van der Waals surface area contributed by atoms with E-state index in [9.17, 15) is 24.5 Å². The van der Waals surface area contributed by atoms with Crippen molar-refractivity contribution in [2.24, 2.45) is 0 Å². The normalized spacial score (nSPS) is 11.3. The summed E-state index contributed by atoms with van der Waals surface area (Å²) in [5, 5.41) is 15.8. The second kappa shape index (κ2) is 11.0. The number of nitro benzene ring substituents is 1. The monoisotopic (exact) mass is 449 g/mol. The van der Waals surface area contributed by atoms with Gasteiger partial charge < -0.3 is 20.1 Å². The summed E-state index contributed by atoms with van der Waals surface area (Å²) in [4.78, 5) is 47.0. The first kappa shape index (κ1) is 23.8. The summed E-state index contributed by atoms with van der Waals surface area (Å²) in [6.07, 6.45) is 0. The molecule has 10 nitrogen and oxygen atoms in total. The highest BCUT2D eigenvalue weighted by Crippen LogP contribution is 2.24. The van der Waals surface area contributed by atoms with E-state index in [4.69, 9.17) is 21.1 Å². The van der Waals surface area contributed by atoms with Crippen molar-refractivity contribution in [3.05, 3.63) is 68.7 Å². The molecule has 2 N–H and O–H groups in total. The molecule has 1 unspecified atom stereocenters. The number of nitro groups is 1. The van der Waals surface area contributed by atoms with E-state index in [1.54, 1.807) is 19.1 Å². The van der Waals surface area contributed by atoms with Crippen molar-refractivity contribution in [1.82, 2.24) is 5.32 Å². The minimum atomic E-state index is -0.819. The number of carbonyl (C=O) groups excluding carboxylic acids is 3. The fourth-order valence-electron chi connectivity index (χ4n) is 2.58. The summed E-state index contributed by atoms with van der Waals surface area (Å²) in [6.45, 7) is 1.53. The van der Waals surface area contributed by atoms with Gasteiger partial charge in [-0.15, -0.1) is 0 Å². The maximum absolute atomic E-state index is 12.5. The summed E-state index contributed by atoms with van der Waals surface area (Å²) < 4.78 is 9.93. The second-order valence-electron chi connectivity index (χ2n) is 6.42. The quantitative estimate of drug-likeness (QED) is 0.341. The molecule has 0 aliphatic heterocycles. The molecular formula is C20H20ClN3O7. The molecule has 2 rings (SSSR count). The Morgan fingerprint density at radius 2 is 1.87 bits per heavy atom. The molecule has 0 saturated carbocycles. The largest absolute Gasteiger partial charge is 0.452 e. The number of carbonyl (C=O) groups is 3. The fourth-order valence-corrected chi connectivity index (χ4v) is 2.84. The van der Waals surface area contributed by atoms with Crippen LogP contribution in [0.1, 0.15) is 27.6 Å². The van der Waals surface area contributed by atoms with Crippen LogP contribution in [0.2, 0.25) is 5.02 Å². The van der Waals surface area contributed by atoms with Crippen molar-refractivity contribution in [1.29, 1.82) is 0 Å². The van der Waals surface area contributed by atoms with E-state index >= 15 is 0 Å². The molecule has 0 heterocycles. The molecule has 0 aliphatic carbocycles. The van der Waals surface area contributed by atoms with Crippen molar-refractivity contribution in [2.45, 2.75) is 13.0 Å². The smallest absolute Gasteiger partial charge is 0.340 e. The van der Waals surface area contributed by atoms with Crippen molar-refractivity contribution in [3.63, 3.8) is 0 Å². The van der Waals surface area contributed by atoms with Gasteiger partial charge in [-0.05, 0) is 25.1 Å². The van der Waals surface area contributed by atoms with E-state index in [0.29, 0.717) is 6.61 Å². The minimum Gasteiger partial charge on any atom is -0.452 e. The number of amides is 2. The van der Waals surface area contributed by atoms with Gasteiger partial charge >= 0.3 is 5.97 Å². The molecule has 0 saturated heterocycles. The Balaban J connectivity index is 2.08. The number of hydrogen-bond acceptors (Lipinski definition) is 7. The fraction of sp³-hybridized carbons (Fsp3) is 0.250. The van der Waals surface area contributed by atoms with Gasteiger partial charge in [0, 0.05) is 25.3 Å². The Morgan fingerprint density at radius 3 is 2.52 bits per heavy atom. The topological polar surface area (TPSA) is 137 Å². The summed E-state index contributed by atoms with van der Waals surface area (Å²) in [7, 11) is 1.50. The number of anilines is 1. The van der Waals surface area contributed by atoms with Crippen LogP contribution in [0.3, 0.4) is 0 Å². The number of non-ortho nitro benzene ring substituents is 1. The van der Waals surface area contributed by atoms with E-state index < -0.39 is 29.3 Å². The predicted octanol–water partition coefficient (Wildman–Crippen LogP) is 2.81. The molecule has 2 amide bonds. The lowest BCUT2D eigenvalue weighted by atomic mass is 10.1. The Bertz CT molecular complexity index is 996. The van der Waals surface area contributed by atoms with Crippen molar-refractivity contribution >= 4 is 40.8 Å². The SMILES string of the molecule is COCC(C)NC(=O)COC(=O)c1ccccc1NC(=O)c1ccc([N+](=O)[O-])cc1Cl. The first-order valence-corrected chi connectivity index (χ1v) is 9.40. The predicted molar refractivity (Wildman–Crippen MR) is 112 cm³/mol. The van der Waals surface area contributed by atoms with Gasteiger partial charge in [-0.25, -0.2) is 4.79 Å². The molecule has 0 aromatic heterocycles. The zero-order valence-corrected chi connectivity index (χ0v) is 17.5. The minimum absolute atomic E-state index is 0.0121. The maximum Gasteiger partial charge on any atom is 0.340 e. The molecule has 0 bridgehead atoms. The number of benzene rings is 2. The molecule has 2 aromatic rings. The van der Waals surface area contributed by atoms with Gasteiger partial charge in [0.15, 0.2) is 6.61 Å². The number of methoxy groups -OCH3 is 1. The van der Waals surface area contributed by atoms with Crippen LogP contribution in [0, 0.1) is 10.1 Å². The number of esters is 1. The molecule has 31 heavy (non-hydrogen) atoms. The number of rotatable bonds is 9. The summed E-state index contributed by atoms with van der Waals surface area (Å²) >= 11 is 5.98. The Labute approximate surface area is 182 Å². The van der Waals surface area contributed by atoms with E-state index in [-0.39, 0.29) is 33.6 Å². The first-order valence-electron chi connectivity index (χ1n) is 9.02. The van der Waals surface area contributed by atoms with Gasteiger partial charge in [0.25, 0.3) is 17.5 Å². The van der Waals surface area contributed by atoms with Gasteiger partial charge in [-0.2, -0.15) is 0 Å². The van der Waals surface area contributed by atoms with Crippen molar-refractivity contribution < 1.29 is 28.8 Å². The van der Waals surface area contributed by atoms with E-state index in [2.05, 4.69) is 10.6 Å². The van der Waals surface area contributed by atoms with E-state index in [1.807, 2.05) is 0 Å². The number of halogens is 1. The van der Waals surface area contributed by atoms with E-state index in [1.165, 1.54) is 25.3 Å². The van der Waals surface area contributed by atoms with Crippen LogP contribution in [0.25, 0.3) is 0 Å². The third-order valence-electron chi connectivity index (χ3n) is 3.96. The van der Waals surface area contributed by atoms with Crippen LogP contribution in [-0.2, 0) is 14.3 Å². The zero-order valence-electron chi connectivity index (χ0n) is 16.7. The summed E-state index contributed by atoms with van der Waals surface area (Å²) in [5.41, 5.74) is -0.128. The van der Waals surface area contributed by atoms with Gasteiger partial charge in [-0.1, -0.05) is 23.7 Å². The third-order valence-corrected chi connectivity index (χ3v) is 4.27. The van der Waals surface area contributed by atoms with Crippen LogP contribution in [0.5, 0.6) is 0 Å². The second-order valence-corrected chi connectivity index (χ2v) is 6.83. The van der Waals surface area contributed by atoms with Gasteiger partial charge in [-0.3, -0.25) is 19.7 Å². The van der Waals surface area contributed by atoms with Gasteiger partial charge in [0.2, 0.25) is 0 Å². The molecule has 0 spiro atoms. The molecule has 11 heteroatoms. The van der Waals surface area contributed by atoms with Gasteiger partial charge in [0.05, 0.1) is 33.4 Å². The lowest BCUT2D eigenvalue weighted by Crippen LogP contribution is -2.38. The molecule has 2 aromatic carbocycles. The average Bonchev–Trinajstić information content (AvgIpc) is 2.72. The van der Waals surface area contributed by atoms with Crippen LogP contribution in [0.4, 0.5) is 11.4 Å². The number of ether oxygens (including phenoxy) is 2. The standard InChI is InChI=1S/C20H20ClN3O7/c1-12(10-30-2)22-18(25)11-31-20(27)15-5-3-4-6-17(15)23-19(26)14-8-7-13(24(28)29)9-16(14)21/h3-9,12H,10-11H2,1-2H3,(H,22,25)(H,23,26). The zero-order chi connectivity index (χ0) is 23.0. The lowest BCUT2D eigenvalue weighted by molar-refractivity contribution is -0.384. The number of nitrogens with zero attached hydrogens (tertiary/aromatic N) is 1. The highest BCUT2D eigenvalue weighted by molar-refractivity contribution is 6.34. The first-order chi connectivity index (χ1) is 14.7. The van der Waals surface area contributed by atoms with Crippen LogP contribution in [0.15, 0.2) is 42.5 Å². The van der Waals surface area contributed by atoms with E-state index in [0.717, 1.165) is 12.1 Å².